The number of nitrogens with two attached hydrogens (primary N) is 2. The molecule has 1 rings (SSSR count). The fraction of sp³-hybridized carbons (Fsp3) is 0.714. The van der Waals surface area contributed by atoms with E-state index in [0.29, 0.717) is 11.8 Å². The van der Waals surface area contributed by atoms with Gasteiger partial charge in [0.25, 0.3) is 5.95 Å². The van der Waals surface area contributed by atoms with E-state index in [1.165, 1.54) is 0 Å². The molecule has 1 aromatic heterocycles. The van der Waals surface area contributed by atoms with Gasteiger partial charge in [0.05, 0.1) is 6.04 Å². The van der Waals surface area contributed by atoms with Crippen molar-refractivity contribution in [1.29, 1.82) is 0 Å². The fourth-order valence-electron chi connectivity index (χ4n) is 1.01. The van der Waals surface area contributed by atoms with E-state index in [1.54, 1.807) is 0 Å². The number of anilines is 1. The van der Waals surface area contributed by atoms with Crippen LogP contribution in [0, 0.1) is 5.92 Å². The Balaban J connectivity index is 2.58. The third kappa shape index (κ3) is 2.20. The molecule has 1 atom stereocenters. The minimum absolute atomic E-state index is 0.143. The molecule has 0 aliphatic carbocycles. The van der Waals surface area contributed by atoms with E-state index in [2.05, 4.69) is 24.0 Å². The Hall–Kier alpha value is -1.10. The molecule has 5 nitrogen and oxygen atoms in total. The van der Waals surface area contributed by atoms with Crippen molar-refractivity contribution < 1.29 is 4.52 Å². The van der Waals surface area contributed by atoms with Crippen LogP contribution in [0.15, 0.2) is 4.52 Å². The first-order valence-corrected chi connectivity index (χ1v) is 3.94. The van der Waals surface area contributed by atoms with E-state index >= 15 is 0 Å². The Kier molecular flexibility index (Phi) is 2.65. The average Bonchev–Trinajstić information content (AvgIpc) is 2.34. The Morgan fingerprint density at radius 1 is 1.50 bits per heavy atom. The molecule has 0 unspecified atom stereocenters. The second kappa shape index (κ2) is 3.53. The van der Waals surface area contributed by atoms with Gasteiger partial charge in [0.1, 0.15) is 0 Å². The Bertz CT molecular complexity index is 245. The van der Waals surface area contributed by atoms with Gasteiger partial charge in [-0.1, -0.05) is 13.8 Å². The third-order valence-corrected chi connectivity index (χ3v) is 1.50. The molecule has 0 aromatic carbocycles. The van der Waals surface area contributed by atoms with Crippen molar-refractivity contribution in [3.05, 3.63) is 5.89 Å². The summed E-state index contributed by atoms with van der Waals surface area (Å²) >= 11 is 0. The maximum atomic E-state index is 5.76. The lowest BCUT2D eigenvalue weighted by atomic mass is 10.0. The van der Waals surface area contributed by atoms with Crippen LogP contribution in [0.4, 0.5) is 5.95 Å². The molecular formula is C7H14N4O. The standard InChI is InChI=1S/C7H14N4O/c1-4(2)3-5(8)6-10-7(9)11-12-6/h4-5H,3,8H2,1-2H3,(H2,9,11)/t5-/m1/s1. The Morgan fingerprint density at radius 3 is 2.58 bits per heavy atom. The summed E-state index contributed by atoms with van der Waals surface area (Å²) in [5, 5.41) is 3.46. The molecule has 0 saturated carbocycles. The lowest BCUT2D eigenvalue weighted by molar-refractivity contribution is 0.336. The van der Waals surface area contributed by atoms with Gasteiger partial charge < -0.3 is 16.0 Å². The maximum Gasteiger partial charge on any atom is 0.260 e. The van der Waals surface area contributed by atoms with Crippen molar-refractivity contribution in [3.63, 3.8) is 0 Å². The van der Waals surface area contributed by atoms with Crippen molar-refractivity contribution >= 4 is 5.95 Å². The van der Waals surface area contributed by atoms with E-state index in [4.69, 9.17) is 16.0 Å². The number of nitrogens with zero attached hydrogens (tertiary/aromatic N) is 2. The van der Waals surface area contributed by atoms with Crippen LogP contribution < -0.4 is 11.5 Å². The molecule has 0 radical (unpaired) electrons. The van der Waals surface area contributed by atoms with Gasteiger partial charge >= 0.3 is 0 Å². The van der Waals surface area contributed by atoms with Gasteiger partial charge in [-0.15, -0.1) is 0 Å². The average molecular weight is 170 g/mol. The second-order valence-corrected chi connectivity index (χ2v) is 3.23. The molecule has 0 spiro atoms. The highest BCUT2D eigenvalue weighted by Gasteiger charge is 2.14. The molecule has 0 saturated heterocycles. The lowest BCUT2D eigenvalue weighted by Crippen LogP contribution is -2.13. The van der Waals surface area contributed by atoms with Crippen LogP contribution in [-0.4, -0.2) is 10.1 Å². The SMILES string of the molecule is CC(C)C[C@@H](N)c1nc(N)no1. The van der Waals surface area contributed by atoms with Crippen LogP contribution >= 0.6 is 0 Å². The molecule has 0 aliphatic rings. The van der Waals surface area contributed by atoms with Crippen molar-refractivity contribution in [2.75, 3.05) is 5.73 Å². The molecule has 12 heavy (non-hydrogen) atoms. The van der Waals surface area contributed by atoms with Crippen LogP contribution in [0.2, 0.25) is 0 Å². The minimum Gasteiger partial charge on any atom is -0.365 e. The zero-order chi connectivity index (χ0) is 9.14. The van der Waals surface area contributed by atoms with Crippen LogP contribution in [-0.2, 0) is 0 Å². The summed E-state index contributed by atoms with van der Waals surface area (Å²) in [6.45, 7) is 4.17. The van der Waals surface area contributed by atoms with E-state index in [0.717, 1.165) is 6.42 Å². The number of aromatic nitrogens is 2. The van der Waals surface area contributed by atoms with Crippen molar-refractivity contribution in [3.8, 4) is 0 Å². The highest BCUT2D eigenvalue weighted by Crippen LogP contribution is 2.16. The first kappa shape index (κ1) is 8.99. The number of rotatable bonds is 3. The summed E-state index contributed by atoms with van der Waals surface area (Å²) in [6, 6.07) is -0.199. The van der Waals surface area contributed by atoms with Crippen LogP contribution in [0.1, 0.15) is 32.2 Å². The highest BCUT2D eigenvalue weighted by atomic mass is 16.5. The van der Waals surface area contributed by atoms with Crippen LogP contribution in [0.3, 0.4) is 0 Å². The number of nitrogen functional groups attached to an aromatic ring is 1. The van der Waals surface area contributed by atoms with Gasteiger partial charge in [-0.3, -0.25) is 0 Å². The van der Waals surface area contributed by atoms with Crippen LogP contribution in [0.25, 0.3) is 0 Å². The molecule has 4 N–H and O–H groups in total. The minimum atomic E-state index is -0.199. The van der Waals surface area contributed by atoms with E-state index in [9.17, 15) is 0 Å². The smallest absolute Gasteiger partial charge is 0.260 e. The zero-order valence-electron chi connectivity index (χ0n) is 7.32. The molecule has 0 amide bonds. The molecule has 0 bridgehead atoms. The monoisotopic (exact) mass is 170 g/mol. The normalized spacial score (nSPS) is 13.7. The van der Waals surface area contributed by atoms with Gasteiger partial charge in [-0.05, 0) is 17.5 Å². The Labute approximate surface area is 71.1 Å². The van der Waals surface area contributed by atoms with E-state index in [-0.39, 0.29) is 12.0 Å². The maximum absolute atomic E-state index is 5.76. The second-order valence-electron chi connectivity index (χ2n) is 3.23. The van der Waals surface area contributed by atoms with E-state index < -0.39 is 0 Å². The summed E-state index contributed by atoms with van der Waals surface area (Å²) in [7, 11) is 0. The topological polar surface area (TPSA) is 91.0 Å². The molecule has 68 valence electrons. The predicted octanol–water partition coefficient (Wildman–Crippen LogP) is 0.698. The molecular weight excluding hydrogens is 156 g/mol. The largest absolute Gasteiger partial charge is 0.365 e. The summed E-state index contributed by atoms with van der Waals surface area (Å²) in [5.41, 5.74) is 11.0. The van der Waals surface area contributed by atoms with Crippen molar-refractivity contribution in [2.24, 2.45) is 11.7 Å². The first-order chi connectivity index (χ1) is 5.59. The molecule has 1 aromatic rings. The van der Waals surface area contributed by atoms with Crippen molar-refractivity contribution in [2.45, 2.75) is 26.3 Å². The zero-order valence-corrected chi connectivity index (χ0v) is 7.32. The molecule has 0 fully saturated rings. The summed E-state index contributed by atoms with van der Waals surface area (Å²) < 4.78 is 4.82. The summed E-state index contributed by atoms with van der Waals surface area (Å²) in [5.74, 6) is 1.07. The van der Waals surface area contributed by atoms with Gasteiger partial charge in [0.2, 0.25) is 5.89 Å². The molecule has 0 aliphatic heterocycles. The van der Waals surface area contributed by atoms with Crippen molar-refractivity contribution in [1.82, 2.24) is 10.1 Å². The van der Waals surface area contributed by atoms with Gasteiger partial charge in [-0.2, -0.15) is 4.98 Å². The number of hydrogen-bond acceptors (Lipinski definition) is 5. The van der Waals surface area contributed by atoms with E-state index in [1.807, 2.05) is 0 Å². The fourth-order valence-corrected chi connectivity index (χ4v) is 1.01. The molecule has 1 heterocycles. The number of hydrogen-bond donors (Lipinski definition) is 2. The van der Waals surface area contributed by atoms with Gasteiger partial charge in [-0.25, -0.2) is 0 Å². The highest BCUT2D eigenvalue weighted by molar-refractivity contribution is 5.11. The van der Waals surface area contributed by atoms with Crippen LogP contribution in [0.5, 0.6) is 0 Å². The molecule has 5 heteroatoms. The first-order valence-electron chi connectivity index (χ1n) is 3.94. The lowest BCUT2D eigenvalue weighted by Gasteiger charge is -2.08. The third-order valence-electron chi connectivity index (χ3n) is 1.50. The summed E-state index contributed by atoms with van der Waals surface area (Å²) in [6.07, 6.45) is 0.821. The Morgan fingerprint density at radius 2 is 2.17 bits per heavy atom. The summed E-state index contributed by atoms with van der Waals surface area (Å²) in [4.78, 5) is 3.84. The van der Waals surface area contributed by atoms with Gasteiger partial charge in [0.15, 0.2) is 0 Å². The predicted molar refractivity (Wildman–Crippen MR) is 45.1 cm³/mol. The quantitative estimate of drug-likeness (QED) is 0.696. The van der Waals surface area contributed by atoms with Gasteiger partial charge in [0, 0.05) is 0 Å².